The SMILES string of the molecule is C[C@](O)(C#CC#C[C@@](C)(O)c1ccccc1)c1ccccc1. The average Bonchev–Trinajstić information content (AvgIpc) is 2.53. The molecule has 0 unspecified atom stereocenters. The minimum atomic E-state index is -1.27. The molecule has 2 nitrogen and oxygen atoms in total. The highest BCUT2D eigenvalue weighted by Crippen LogP contribution is 2.19. The number of rotatable bonds is 2. The first kappa shape index (κ1) is 15.9. The summed E-state index contributed by atoms with van der Waals surface area (Å²) in [7, 11) is 0. The normalized spacial score (nSPS) is 15.3. The van der Waals surface area contributed by atoms with Gasteiger partial charge in [0.15, 0.2) is 0 Å². The van der Waals surface area contributed by atoms with Gasteiger partial charge in [-0.3, -0.25) is 0 Å². The second-order valence-corrected chi connectivity index (χ2v) is 5.38. The monoisotopic (exact) mass is 290 g/mol. The molecule has 0 radical (unpaired) electrons. The number of benzene rings is 2. The number of hydrogen-bond donors (Lipinski definition) is 2. The van der Waals surface area contributed by atoms with E-state index in [0.717, 1.165) is 0 Å². The Labute approximate surface area is 131 Å². The molecule has 2 rings (SSSR count). The van der Waals surface area contributed by atoms with Crippen molar-refractivity contribution in [3.05, 3.63) is 71.8 Å². The van der Waals surface area contributed by atoms with Gasteiger partial charge in [-0.15, -0.1) is 0 Å². The Morgan fingerprint density at radius 2 is 0.955 bits per heavy atom. The molecule has 2 atom stereocenters. The molecule has 0 aliphatic carbocycles. The van der Waals surface area contributed by atoms with Crippen molar-refractivity contribution in [3.63, 3.8) is 0 Å². The van der Waals surface area contributed by atoms with Crippen LogP contribution in [0.25, 0.3) is 0 Å². The quantitative estimate of drug-likeness (QED) is 0.835. The van der Waals surface area contributed by atoms with Crippen LogP contribution in [-0.4, -0.2) is 10.2 Å². The molecule has 0 aliphatic rings. The van der Waals surface area contributed by atoms with E-state index in [1.54, 1.807) is 13.8 Å². The summed E-state index contributed by atoms with van der Waals surface area (Å²) in [5.74, 6) is 10.7. The van der Waals surface area contributed by atoms with Crippen LogP contribution in [0, 0.1) is 23.7 Å². The maximum atomic E-state index is 10.3. The minimum absolute atomic E-state index is 0.708. The Balaban J connectivity index is 2.18. The molecule has 0 bridgehead atoms. The third-order valence-electron chi connectivity index (χ3n) is 3.35. The first-order chi connectivity index (χ1) is 10.4. The molecule has 0 saturated heterocycles. The Morgan fingerprint density at radius 1 is 0.636 bits per heavy atom. The highest BCUT2D eigenvalue weighted by Gasteiger charge is 2.20. The van der Waals surface area contributed by atoms with Gasteiger partial charge in [0.2, 0.25) is 0 Å². The topological polar surface area (TPSA) is 40.5 Å². The van der Waals surface area contributed by atoms with Crippen molar-refractivity contribution in [1.82, 2.24) is 0 Å². The number of aliphatic hydroxyl groups is 2. The van der Waals surface area contributed by atoms with Gasteiger partial charge in [0, 0.05) is 0 Å². The lowest BCUT2D eigenvalue weighted by molar-refractivity contribution is 0.121. The van der Waals surface area contributed by atoms with E-state index in [4.69, 9.17) is 0 Å². The standard InChI is InChI=1S/C20H18O2/c1-19(21,17-11-5-3-6-12-17)15-9-10-16-20(2,22)18-13-7-4-8-14-18/h3-8,11-14,21-22H,1-2H3/t19-,20+. The highest BCUT2D eigenvalue weighted by molar-refractivity contribution is 5.39. The molecular formula is C20H18O2. The van der Waals surface area contributed by atoms with Gasteiger partial charge in [0.1, 0.15) is 11.2 Å². The Hall–Kier alpha value is -2.52. The summed E-state index contributed by atoms with van der Waals surface area (Å²) >= 11 is 0. The van der Waals surface area contributed by atoms with Gasteiger partial charge in [-0.05, 0) is 48.7 Å². The fourth-order valence-electron chi connectivity index (χ4n) is 1.98. The van der Waals surface area contributed by atoms with E-state index in [1.165, 1.54) is 0 Å². The van der Waals surface area contributed by atoms with Gasteiger partial charge in [-0.1, -0.05) is 60.7 Å². The maximum Gasteiger partial charge on any atom is 0.149 e. The van der Waals surface area contributed by atoms with Crippen LogP contribution in [0.1, 0.15) is 25.0 Å². The largest absolute Gasteiger partial charge is 0.374 e. The Morgan fingerprint density at radius 3 is 1.27 bits per heavy atom. The van der Waals surface area contributed by atoms with E-state index < -0.39 is 11.2 Å². The fourth-order valence-corrected chi connectivity index (χ4v) is 1.98. The Kier molecular flexibility index (Phi) is 4.68. The highest BCUT2D eigenvalue weighted by atomic mass is 16.3. The summed E-state index contributed by atoms with van der Waals surface area (Å²) in [5.41, 5.74) is -1.12. The molecule has 2 heteroatoms. The van der Waals surface area contributed by atoms with Gasteiger partial charge < -0.3 is 10.2 Å². The van der Waals surface area contributed by atoms with E-state index in [-0.39, 0.29) is 0 Å². The first-order valence-corrected chi connectivity index (χ1v) is 7.02. The van der Waals surface area contributed by atoms with Crippen LogP contribution in [0.5, 0.6) is 0 Å². The van der Waals surface area contributed by atoms with Crippen molar-refractivity contribution in [3.8, 4) is 23.7 Å². The van der Waals surface area contributed by atoms with Crippen LogP contribution in [0.3, 0.4) is 0 Å². The van der Waals surface area contributed by atoms with E-state index in [0.29, 0.717) is 11.1 Å². The summed E-state index contributed by atoms with van der Waals surface area (Å²) in [6.07, 6.45) is 0. The van der Waals surface area contributed by atoms with Crippen molar-refractivity contribution in [2.24, 2.45) is 0 Å². The predicted molar refractivity (Wildman–Crippen MR) is 87.6 cm³/mol. The van der Waals surface area contributed by atoms with Gasteiger partial charge >= 0.3 is 0 Å². The summed E-state index contributed by atoms with van der Waals surface area (Å²) < 4.78 is 0. The van der Waals surface area contributed by atoms with Crippen LogP contribution >= 0.6 is 0 Å². The molecule has 0 fully saturated rings. The lowest BCUT2D eigenvalue weighted by atomic mass is 9.96. The van der Waals surface area contributed by atoms with Crippen LogP contribution in [0.4, 0.5) is 0 Å². The van der Waals surface area contributed by atoms with Gasteiger partial charge in [0.05, 0.1) is 0 Å². The molecule has 2 N–H and O–H groups in total. The van der Waals surface area contributed by atoms with E-state index in [2.05, 4.69) is 23.7 Å². The van der Waals surface area contributed by atoms with Gasteiger partial charge in [-0.25, -0.2) is 0 Å². The van der Waals surface area contributed by atoms with Crippen LogP contribution in [0.15, 0.2) is 60.7 Å². The van der Waals surface area contributed by atoms with Gasteiger partial charge in [-0.2, -0.15) is 0 Å². The Bertz CT molecular complexity index is 669. The predicted octanol–water partition coefficient (Wildman–Crippen LogP) is 2.81. The fraction of sp³-hybridized carbons (Fsp3) is 0.200. The van der Waals surface area contributed by atoms with Crippen LogP contribution < -0.4 is 0 Å². The lowest BCUT2D eigenvalue weighted by Crippen LogP contribution is -2.18. The van der Waals surface area contributed by atoms with Crippen molar-refractivity contribution in [1.29, 1.82) is 0 Å². The van der Waals surface area contributed by atoms with E-state index in [9.17, 15) is 10.2 Å². The van der Waals surface area contributed by atoms with Crippen LogP contribution in [0.2, 0.25) is 0 Å². The van der Waals surface area contributed by atoms with Gasteiger partial charge in [0.25, 0.3) is 0 Å². The molecule has 0 saturated carbocycles. The zero-order valence-electron chi connectivity index (χ0n) is 12.7. The van der Waals surface area contributed by atoms with Crippen molar-refractivity contribution < 1.29 is 10.2 Å². The molecular weight excluding hydrogens is 272 g/mol. The maximum absolute atomic E-state index is 10.3. The van der Waals surface area contributed by atoms with Crippen LogP contribution in [-0.2, 0) is 11.2 Å². The second-order valence-electron chi connectivity index (χ2n) is 5.38. The number of hydrogen-bond acceptors (Lipinski definition) is 2. The second kappa shape index (κ2) is 6.50. The molecule has 0 spiro atoms. The summed E-state index contributed by atoms with van der Waals surface area (Å²) in [6.45, 7) is 3.23. The summed E-state index contributed by atoms with van der Waals surface area (Å²) in [4.78, 5) is 0. The smallest absolute Gasteiger partial charge is 0.149 e. The summed E-state index contributed by atoms with van der Waals surface area (Å²) in [5, 5.41) is 20.7. The zero-order chi connectivity index (χ0) is 16.1. The third kappa shape index (κ3) is 3.99. The summed E-state index contributed by atoms with van der Waals surface area (Å²) in [6, 6.07) is 18.4. The molecule has 22 heavy (non-hydrogen) atoms. The van der Waals surface area contributed by atoms with Crippen molar-refractivity contribution in [2.45, 2.75) is 25.0 Å². The first-order valence-electron chi connectivity index (χ1n) is 7.02. The van der Waals surface area contributed by atoms with Crippen molar-refractivity contribution in [2.75, 3.05) is 0 Å². The van der Waals surface area contributed by atoms with E-state index >= 15 is 0 Å². The lowest BCUT2D eigenvalue weighted by Gasteiger charge is -2.16. The average molecular weight is 290 g/mol. The molecule has 110 valence electrons. The van der Waals surface area contributed by atoms with Crippen molar-refractivity contribution >= 4 is 0 Å². The molecule has 2 aromatic carbocycles. The van der Waals surface area contributed by atoms with E-state index in [1.807, 2.05) is 60.7 Å². The third-order valence-corrected chi connectivity index (χ3v) is 3.35. The molecule has 0 aliphatic heterocycles. The molecule has 0 amide bonds. The molecule has 2 aromatic rings. The minimum Gasteiger partial charge on any atom is -0.374 e. The molecule has 0 heterocycles. The molecule has 0 aromatic heterocycles. The zero-order valence-corrected chi connectivity index (χ0v) is 12.7.